The van der Waals surface area contributed by atoms with Gasteiger partial charge < -0.3 is 10.1 Å². The summed E-state index contributed by atoms with van der Waals surface area (Å²) in [5.74, 6) is 0.00883. The minimum Gasteiger partial charge on any atom is -0.383 e. The summed E-state index contributed by atoms with van der Waals surface area (Å²) in [6, 6.07) is 9.77. The molecule has 2 unspecified atom stereocenters. The van der Waals surface area contributed by atoms with Gasteiger partial charge in [-0.3, -0.25) is 10.1 Å². The molecule has 0 aromatic heterocycles. The zero-order chi connectivity index (χ0) is 13.4. The summed E-state index contributed by atoms with van der Waals surface area (Å²) in [6.07, 6.45) is 0. The molecule has 1 amide bonds. The van der Waals surface area contributed by atoms with Crippen LogP contribution in [0.15, 0.2) is 30.3 Å². The van der Waals surface area contributed by atoms with Gasteiger partial charge in [-0.15, -0.1) is 0 Å². The van der Waals surface area contributed by atoms with Crippen molar-refractivity contribution in [2.75, 3.05) is 20.3 Å². The number of carbonyl (C=O) groups excluding carboxylic acids is 1. The molecular weight excluding hydrogens is 228 g/mol. The number of ether oxygens (including phenoxy) is 1. The maximum absolute atomic E-state index is 11.7. The first kappa shape index (κ1) is 14.7. The van der Waals surface area contributed by atoms with Crippen molar-refractivity contribution in [2.24, 2.45) is 0 Å². The molecule has 1 aromatic rings. The van der Waals surface area contributed by atoms with Gasteiger partial charge in [0.05, 0.1) is 18.7 Å². The monoisotopic (exact) mass is 250 g/mol. The van der Waals surface area contributed by atoms with Crippen LogP contribution >= 0.6 is 0 Å². The Labute approximate surface area is 109 Å². The third-order valence-electron chi connectivity index (χ3n) is 2.73. The molecule has 1 aromatic carbocycles. The minimum atomic E-state index is -0.245. The van der Waals surface area contributed by atoms with Gasteiger partial charge in [0, 0.05) is 13.7 Å². The molecule has 0 radical (unpaired) electrons. The lowest BCUT2D eigenvalue weighted by Gasteiger charge is -2.22. The van der Waals surface area contributed by atoms with Gasteiger partial charge in [-0.2, -0.15) is 0 Å². The van der Waals surface area contributed by atoms with Gasteiger partial charge in [0.1, 0.15) is 0 Å². The van der Waals surface area contributed by atoms with E-state index in [9.17, 15) is 4.79 Å². The second-order valence-corrected chi connectivity index (χ2v) is 4.20. The number of hydrogen-bond acceptors (Lipinski definition) is 3. The summed E-state index contributed by atoms with van der Waals surface area (Å²) in [4.78, 5) is 11.7. The highest BCUT2D eigenvalue weighted by molar-refractivity contribution is 5.81. The van der Waals surface area contributed by atoms with E-state index in [1.807, 2.05) is 44.2 Å². The number of rotatable bonds is 7. The molecule has 2 atom stereocenters. The quantitative estimate of drug-likeness (QED) is 0.771. The van der Waals surface area contributed by atoms with E-state index in [4.69, 9.17) is 4.74 Å². The van der Waals surface area contributed by atoms with E-state index in [0.29, 0.717) is 13.2 Å². The molecule has 100 valence electrons. The van der Waals surface area contributed by atoms with E-state index in [2.05, 4.69) is 10.6 Å². The van der Waals surface area contributed by atoms with Crippen molar-refractivity contribution in [1.29, 1.82) is 0 Å². The Morgan fingerprint density at radius 2 is 2.00 bits per heavy atom. The van der Waals surface area contributed by atoms with E-state index in [1.54, 1.807) is 7.11 Å². The molecule has 4 heteroatoms. The molecule has 0 bridgehead atoms. The van der Waals surface area contributed by atoms with Crippen LogP contribution in [-0.4, -0.2) is 32.2 Å². The largest absolute Gasteiger partial charge is 0.383 e. The average molecular weight is 250 g/mol. The molecule has 1 rings (SSSR count). The minimum absolute atomic E-state index is 0.00883. The lowest BCUT2D eigenvalue weighted by atomic mass is 10.1. The maximum atomic E-state index is 11.7. The van der Waals surface area contributed by atoms with Gasteiger partial charge >= 0.3 is 0 Å². The fraction of sp³-hybridized carbons (Fsp3) is 0.500. The second kappa shape index (κ2) is 7.84. The predicted molar refractivity (Wildman–Crippen MR) is 72.3 cm³/mol. The highest BCUT2D eigenvalue weighted by Gasteiger charge is 2.18. The third kappa shape index (κ3) is 4.47. The fourth-order valence-electron chi connectivity index (χ4n) is 1.80. The van der Waals surface area contributed by atoms with Gasteiger partial charge in [0.2, 0.25) is 5.91 Å². The van der Waals surface area contributed by atoms with Crippen LogP contribution in [0.2, 0.25) is 0 Å². The van der Waals surface area contributed by atoms with Crippen LogP contribution in [0.1, 0.15) is 25.5 Å². The molecule has 4 nitrogen and oxygen atoms in total. The molecule has 0 heterocycles. The maximum Gasteiger partial charge on any atom is 0.236 e. The molecule has 0 aliphatic carbocycles. The number of benzene rings is 1. The summed E-state index contributed by atoms with van der Waals surface area (Å²) in [5, 5.41) is 6.08. The van der Waals surface area contributed by atoms with Gasteiger partial charge in [-0.05, 0) is 19.4 Å². The Bertz CT molecular complexity index is 354. The summed E-state index contributed by atoms with van der Waals surface area (Å²) >= 11 is 0. The number of likely N-dealkylation sites (N-methyl/N-ethyl adjacent to an activating group) is 1. The van der Waals surface area contributed by atoms with Gasteiger partial charge in [-0.25, -0.2) is 0 Å². The number of carbonyl (C=O) groups is 1. The van der Waals surface area contributed by atoms with E-state index >= 15 is 0 Å². The molecule has 0 saturated carbocycles. The average Bonchev–Trinajstić information content (AvgIpc) is 2.39. The lowest BCUT2D eigenvalue weighted by molar-refractivity contribution is -0.122. The van der Waals surface area contributed by atoms with Crippen LogP contribution in [0.25, 0.3) is 0 Å². The molecule has 0 saturated heterocycles. The molecule has 0 fully saturated rings. The SMILES string of the molecule is CCNC(=O)C(C)NC(COC)c1ccccc1. The van der Waals surface area contributed by atoms with Crippen molar-refractivity contribution in [2.45, 2.75) is 25.9 Å². The van der Waals surface area contributed by atoms with Crippen LogP contribution in [0.3, 0.4) is 0 Å². The normalized spacial score (nSPS) is 13.9. The van der Waals surface area contributed by atoms with Gasteiger partial charge in [0.15, 0.2) is 0 Å². The summed E-state index contributed by atoms with van der Waals surface area (Å²) in [7, 11) is 1.66. The van der Waals surface area contributed by atoms with Crippen LogP contribution < -0.4 is 10.6 Å². The number of nitrogens with one attached hydrogen (secondary N) is 2. The number of hydrogen-bond donors (Lipinski definition) is 2. The fourth-order valence-corrected chi connectivity index (χ4v) is 1.80. The standard InChI is InChI=1S/C14H22N2O2/c1-4-15-14(17)11(2)16-13(10-18-3)12-8-6-5-7-9-12/h5-9,11,13,16H,4,10H2,1-3H3,(H,15,17). The zero-order valence-electron chi connectivity index (χ0n) is 11.3. The van der Waals surface area contributed by atoms with Crippen molar-refractivity contribution in [3.63, 3.8) is 0 Å². The van der Waals surface area contributed by atoms with Crippen LogP contribution in [0, 0.1) is 0 Å². The van der Waals surface area contributed by atoms with Gasteiger partial charge in [0.25, 0.3) is 0 Å². The lowest BCUT2D eigenvalue weighted by Crippen LogP contribution is -2.44. The van der Waals surface area contributed by atoms with Crippen molar-refractivity contribution in [3.05, 3.63) is 35.9 Å². The topological polar surface area (TPSA) is 50.4 Å². The summed E-state index contributed by atoms with van der Waals surface area (Å²) in [5.41, 5.74) is 1.12. The van der Waals surface area contributed by atoms with Crippen molar-refractivity contribution >= 4 is 5.91 Å². The van der Waals surface area contributed by atoms with E-state index in [0.717, 1.165) is 5.56 Å². The molecule has 0 aliphatic rings. The van der Waals surface area contributed by atoms with Crippen LogP contribution in [0.4, 0.5) is 0 Å². The second-order valence-electron chi connectivity index (χ2n) is 4.20. The summed E-state index contributed by atoms with van der Waals surface area (Å²) < 4.78 is 5.20. The van der Waals surface area contributed by atoms with Crippen molar-refractivity contribution in [1.82, 2.24) is 10.6 Å². The van der Waals surface area contributed by atoms with Gasteiger partial charge in [-0.1, -0.05) is 30.3 Å². The Balaban J connectivity index is 2.66. The first-order chi connectivity index (χ1) is 8.69. The van der Waals surface area contributed by atoms with E-state index < -0.39 is 0 Å². The first-order valence-corrected chi connectivity index (χ1v) is 6.26. The molecular formula is C14H22N2O2. The smallest absolute Gasteiger partial charge is 0.236 e. The molecule has 0 aliphatic heterocycles. The summed E-state index contributed by atoms with van der Waals surface area (Å²) in [6.45, 7) is 4.95. The predicted octanol–water partition coefficient (Wildman–Crippen LogP) is 1.49. The molecule has 0 spiro atoms. The zero-order valence-corrected chi connectivity index (χ0v) is 11.3. The number of amides is 1. The molecule has 18 heavy (non-hydrogen) atoms. The third-order valence-corrected chi connectivity index (χ3v) is 2.73. The Morgan fingerprint density at radius 1 is 1.33 bits per heavy atom. The van der Waals surface area contributed by atoms with E-state index in [-0.39, 0.29) is 18.0 Å². The Hall–Kier alpha value is -1.39. The Kier molecular flexibility index (Phi) is 6.39. The van der Waals surface area contributed by atoms with Crippen molar-refractivity contribution in [3.8, 4) is 0 Å². The van der Waals surface area contributed by atoms with Crippen LogP contribution in [0.5, 0.6) is 0 Å². The van der Waals surface area contributed by atoms with Crippen molar-refractivity contribution < 1.29 is 9.53 Å². The highest BCUT2D eigenvalue weighted by Crippen LogP contribution is 2.13. The van der Waals surface area contributed by atoms with Crippen LogP contribution in [-0.2, 0) is 9.53 Å². The molecule has 2 N–H and O–H groups in total. The Morgan fingerprint density at radius 3 is 2.56 bits per heavy atom. The van der Waals surface area contributed by atoms with E-state index in [1.165, 1.54) is 0 Å². The highest BCUT2D eigenvalue weighted by atomic mass is 16.5. The first-order valence-electron chi connectivity index (χ1n) is 6.26. The number of methoxy groups -OCH3 is 1.